The molecule has 0 saturated heterocycles. The lowest BCUT2D eigenvalue weighted by atomic mass is 9.90. The second-order valence-corrected chi connectivity index (χ2v) is 16.1. The molecule has 6 aromatic rings. The minimum absolute atomic E-state index is 0.203. The molecule has 2 atom stereocenters. The number of thioether (sulfide) groups is 2. The van der Waals surface area contributed by atoms with Gasteiger partial charge in [0.15, 0.2) is 0 Å². The van der Waals surface area contributed by atoms with Gasteiger partial charge in [0.2, 0.25) is 0 Å². The molecule has 8 heteroatoms. The molecule has 0 nitrogen and oxygen atoms in total. The summed E-state index contributed by atoms with van der Waals surface area (Å²) in [6.45, 7) is 3.24. The van der Waals surface area contributed by atoms with Crippen LogP contribution in [-0.2, 0) is 0 Å². The number of hydrogen-bond acceptors (Lipinski definition) is 2. The Morgan fingerprint density at radius 3 is 1.06 bits per heavy atom. The van der Waals surface area contributed by atoms with Gasteiger partial charge in [-0.1, -0.05) is 97.1 Å². The Balaban J connectivity index is 1.32. The summed E-state index contributed by atoms with van der Waals surface area (Å²) in [5.74, 6) is -15.9. The van der Waals surface area contributed by atoms with Crippen LogP contribution in [0.25, 0.3) is 52.9 Å². The van der Waals surface area contributed by atoms with E-state index in [0.29, 0.717) is 9.81 Å². The number of rotatable bonds is 2. The minimum Gasteiger partial charge on any atom is -0.194 e. The van der Waals surface area contributed by atoms with E-state index >= 15 is 26.3 Å². The lowest BCUT2D eigenvalue weighted by Gasteiger charge is -2.23. The number of hydrogen-bond donors (Lipinski definition) is 0. The van der Waals surface area contributed by atoms with Crippen molar-refractivity contribution < 1.29 is 26.3 Å². The summed E-state index contributed by atoms with van der Waals surface area (Å²) in [7, 11) is 0. The molecule has 0 bridgehead atoms. The summed E-state index contributed by atoms with van der Waals surface area (Å²) in [5, 5.41) is 5.52. The van der Waals surface area contributed by atoms with Gasteiger partial charge in [-0.2, -0.15) is 26.3 Å². The predicted molar refractivity (Wildman–Crippen MR) is 202 cm³/mol. The fraction of sp³-hybridized carbons (Fsp3) is 0.163. The highest BCUT2D eigenvalue weighted by Gasteiger charge is 2.82. The lowest BCUT2D eigenvalue weighted by molar-refractivity contribution is -0.258. The molecule has 1 aliphatic carbocycles. The Bertz CT molecular complexity index is 2320. The predicted octanol–water partition coefficient (Wildman–Crippen LogP) is 13.5. The highest BCUT2D eigenvalue weighted by Crippen LogP contribution is 2.66. The van der Waals surface area contributed by atoms with E-state index in [4.69, 9.17) is 0 Å². The number of allylic oxidation sites excluding steroid dienone is 4. The number of halogens is 6. The van der Waals surface area contributed by atoms with E-state index in [1.165, 1.54) is 35.7 Å². The van der Waals surface area contributed by atoms with E-state index in [1.807, 2.05) is 109 Å². The number of benzene rings is 6. The summed E-state index contributed by atoms with van der Waals surface area (Å²) in [6, 6.07) is 34.7. The van der Waals surface area contributed by atoms with Gasteiger partial charge in [-0.25, -0.2) is 0 Å². The maximum atomic E-state index is 16.2. The molecule has 2 aliphatic heterocycles. The van der Waals surface area contributed by atoms with Gasteiger partial charge in [-0.05, 0) is 92.4 Å². The van der Waals surface area contributed by atoms with Gasteiger partial charge in [0.25, 0.3) is 0 Å². The fourth-order valence-corrected chi connectivity index (χ4v) is 10.4. The molecule has 1 fully saturated rings. The third kappa shape index (κ3) is 4.58. The van der Waals surface area contributed by atoms with Crippen molar-refractivity contribution in [3.63, 3.8) is 0 Å². The quantitative estimate of drug-likeness (QED) is 0.129. The topological polar surface area (TPSA) is 0 Å². The molecule has 254 valence electrons. The van der Waals surface area contributed by atoms with E-state index in [0.717, 1.165) is 54.2 Å². The molecule has 3 aliphatic rings. The van der Waals surface area contributed by atoms with Crippen LogP contribution in [0.2, 0.25) is 0 Å². The Hall–Kier alpha value is -4.40. The van der Waals surface area contributed by atoms with Gasteiger partial charge in [0.1, 0.15) is 0 Å². The fourth-order valence-electron chi connectivity index (χ4n) is 7.94. The molecule has 0 aromatic heterocycles. The Morgan fingerprint density at radius 2 is 0.745 bits per heavy atom. The Kier molecular flexibility index (Phi) is 7.20. The summed E-state index contributed by atoms with van der Waals surface area (Å²) >= 11 is 2.45. The molecule has 1 saturated carbocycles. The highest BCUT2D eigenvalue weighted by atomic mass is 32.2. The Labute approximate surface area is 298 Å². The van der Waals surface area contributed by atoms with E-state index in [1.54, 1.807) is 13.8 Å². The first-order valence-electron chi connectivity index (χ1n) is 16.6. The van der Waals surface area contributed by atoms with Crippen LogP contribution >= 0.6 is 23.5 Å². The van der Waals surface area contributed by atoms with Crippen LogP contribution < -0.4 is 0 Å². The van der Waals surface area contributed by atoms with Crippen molar-refractivity contribution >= 4 is 76.4 Å². The number of alkyl halides is 6. The van der Waals surface area contributed by atoms with Crippen LogP contribution in [0.1, 0.15) is 25.0 Å². The zero-order chi connectivity index (χ0) is 35.4. The number of fused-ring (bicyclic) bond motifs is 4. The van der Waals surface area contributed by atoms with Crippen molar-refractivity contribution in [2.24, 2.45) is 0 Å². The Morgan fingerprint density at radius 1 is 0.451 bits per heavy atom. The summed E-state index contributed by atoms with van der Waals surface area (Å²) in [4.78, 5) is 1.15. The third-order valence-corrected chi connectivity index (χ3v) is 12.7. The lowest BCUT2D eigenvalue weighted by Crippen LogP contribution is -2.47. The standard InChI is InChI=1S/C43H28F6S2/c1-23-33(21-35(50-23)37-29-15-7-3-11-25(29)19-26-12-4-8-16-30(26)37)39-40(42(46,47)43(48,49)41(39,44)45)34-22-36(51-24(34)2)38-31-17-9-5-13-27(31)20-28-14-6-10-18-32(28)38/h3-24H,1-2H3/b39-33-,40-34+. The molecule has 0 N–H and O–H groups in total. The van der Waals surface area contributed by atoms with Crippen molar-refractivity contribution in [3.05, 3.63) is 155 Å². The summed E-state index contributed by atoms with van der Waals surface area (Å²) in [5.41, 5.74) is -1.41. The van der Waals surface area contributed by atoms with E-state index in [9.17, 15) is 0 Å². The van der Waals surface area contributed by atoms with Gasteiger partial charge >= 0.3 is 17.8 Å². The van der Waals surface area contributed by atoms with Crippen molar-refractivity contribution in [1.29, 1.82) is 0 Å². The molecule has 2 heterocycles. The van der Waals surface area contributed by atoms with Crippen molar-refractivity contribution in [3.8, 4) is 0 Å². The molecule has 0 radical (unpaired) electrons. The van der Waals surface area contributed by atoms with E-state index < -0.39 is 39.4 Å². The average molecular weight is 723 g/mol. The van der Waals surface area contributed by atoms with Crippen LogP contribution in [0, 0.1) is 0 Å². The monoisotopic (exact) mass is 722 g/mol. The van der Waals surface area contributed by atoms with Crippen molar-refractivity contribution in [1.82, 2.24) is 0 Å². The first-order valence-corrected chi connectivity index (χ1v) is 18.4. The molecular weight excluding hydrogens is 695 g/mol. The highest BCUT2D eigenvalue weighted by molar-refractivity contribution is 8.09. The second-order valence-electron chi connectivity index (χ2n) is 13.3. The minimum atomic E-state index is -5.63. The zero-order valence-electron chi connectivity index (χ0n) is 27.3. The van der Waals surface area contributed by atoms with E-state index in [-0.39, 0.29) is 11.1 Å². The van der Waals surface area contributed by atoms with Gasteiger partial charge < -0.3 is 0 Å². The first-order chi connectivity index (χ1) is 24.4. The van der Waals surface area contributed by atoms with Gasteiger partial charge in [-0.3, -0.25) is 0 Å². The summed E-state index contributed by atoms with van der Waals surface area (Å²) < 4.78 is 96.1. The molecule has 51 heavy (non-hydrogen) atoms. The van der Waals surface area contributed by atoms with Crippen LogP contribution in [0.5, 0.6) is 0 Å². The van der Waals surface area contributed by atoms with Gasteiger partial charge in [0, 0.05) is 42.6 Å². The largest absolute Gasteiger partial charge is 0.380 e. The first kappa shape index (κ1) is 32.5. The molecular formula is C43H28F6S2. The maximum absolute atomic E-state index is 16.2. The zero-order valence-corrected chi connectivity index (χ0v) is 28.9. The van der Waals surface area contributed by atoms with Crippen LogP contribution in [0.15, 0.2) is 144 Å². The van der Waals surface area contributed by atoms with Crippen molar-refractivity contribution in [2.45, 2.75) is 42.1 Å². The summed E-state index contributed by atoms with van der Waals surface area (Å²) in [6.07, 6.45) is 2.89. The molecule has 2 unspecified atom stereocenters. The van der Waals surface area contributed by atoms with Crippen LogP contribution in [0.4, 0.5) is 26.3 Å². The average Bonchev–Trinajstić information content (AvgIpc) is 3.71. The smallest absolute Gasteiger partial charge is 0.194 e. The van der Waals surface area contributed by atoms with Gasteiger partial charge in [0.05, 0.1) is 0 Å². The van der Waals surface area contributed by atoms with E-state index in [2.05, 4.69) is 0 Å². The maximum Gasteiger partial charge on any atom is 0.380 e. The molecule has 6 aromatic carbocycles. The third-order valence-electron chi connectivity index (χ3n) is 10.3. The van der Waals surface area contributed by atoms with Gasteiger partial charge in [-0.15, -0.1) is 23.5 Å². The molecule has 0 spiro atoms. The molecule has 0 amide bonds. The normalized spacial score (nSPS) is 25.3. The molecule has 9 rings (SSSR count). The SMILES string of the molecule is CC1SC(c2c3ccccc3cc3ccccc23)=C/C1=C1\C(=C2\C=C(c3c4ccccc4cc4ccccc34)SC2C)C(F)(F)C(F)(F)C1(F)F. The second kappa shape index (κ2) is 11.3. The van der Waals surface area contributed by atoms with Crippen LogP contribution in [0.3, 0.4) is 0 Å². The van der Waals surface area contributed by atoms with Crippen LogP contribution in [-0.4, -0.2) is 28.3 Å². The van der Waals surface area contributed by atoms with Crippen molar-refractivity contribution in [2.75, 3.05) is 0 Å².